The molecule has 0 aliphatic carbocycles. The Morgan fingerprint density at radius 1 is 0.920 bits per heavy atom. The van der Waals surface area contributed by atoms with Gasteiger partial charge in [0.05, 0.1) is 0 Å². The van der Waals surface area contributed by atoms with Gasteiger partial charge in [-0.2, -0.15) is 0 Å². The van der Waals surface area contributed by atoms with Crippen LogP contribution in [0.25, 0.3) is 10.9 Å². The van der Waals surface area contributed by atoms with Crippen molar-refractivity contribution in [1.82, 2.24) is 4.98 Å². The number of aliphatic imine (C=N–C) groups is 1. The molecule has 0 bridgehead atoms. The molecule has 1 aromatic carbocycles. The van der Waals surface area contributed by atoms with Gasteiger partial charge in [-0.05, 0) is 115 Å². The summed E-state index contributed by atoms with van der Waals surface area (Å²) in [6.07, 6.45) is 20.2. The summed E-state index contributed by atoms with van der Waals surface area (Å²) >= 11 is 11.3. The molecule has 0 saturated carbocycles. The number of nitrogens with one attached hydrogen (secondary N) is 1. The van der Waals surface area contributed by atoms with Gasteiger partial charge < -0.3 is 9.72 Å². The minimum Gasteiger partial charge on any atom is -0.381 e. The predicted octanol–water partition coefficient (Wildman–Crippen LogP) is 16.3. The molecular weight excluding hydrogens is 655 g/mol. The molecule has 286 valence electrons. The summed E-state index contributed by atoms with van der Waals surface area (Å²) in [6, 6.07) is 6.19. The number of H-pyrrole nitrogens is 1. The molecule has 0 fully saturated rings. The Hall–Kier alpha value is -2.33. The van der Waals surface area contributed by atoms with Crippen LogP contribution >= 0.6 is 23.2 Å². The fraction of sp³-hybridized carbons (Fsp3) is 0.578. The maximum atomic E-state index is 6.26. The number of aromatic nitrogens is 1. The van der Waals surface area contributed by atoms with E-state index in [1.807, 2.05) is 32.9 Å². The van der Waals surface area contributed by atoms with Gasteiger partial charge >= 0.3 is 0 Å². The van der Waals surface area contributed by atoms with Gasteiger partial charge in [-0.3, -0.25) is 4.99 Å². The second kappa shape index (κ2) is 35.1. The van der Waals surface area contributed by atoms with Gasteiger partial charge in [-0.25, -0.2) is 0 Å². The number of fused-ring (bicyclic) bond motifs is 1. The summed E-state index contributed by atoms with van der Waals surface area (Å²) < 4.78 is 5.13. The molecule has 2 rings (SSSR count). The van der Waals surface area contributed by atoms with Crippen LogP contribution in [-0.4, -0.2) is 23.9 Å². The molecule has 1 aromatic heterocycles. The molecule has 0 amide bonds. The summed E-state index contributed by atoms with van der Waals surface area (Å²) in [5, 5.41) is 2.74. The van der Waals surface area contributed by atoms with Crippen molar-refractivity contribution in [2.45, 2.75) is 160 Å². The highest BCUT2D eigenvalue weighted by Gasteiger charge is 2.18. The second-order valence-corrected chi connectivity index (χ2v) is 13.7. The Morgan fingerprint density at radius 2 is 1.50 bits per heavy atom. The summed E-state index contributed by atoms with van der Waals surface area (Å²) in [7, 11) is 0. The van der Waals surface area contributed by atoms with E-state index in [-0.39, 0.29) is 0 Å². The van der Waals surface area contributed by atoms with Gasteiger partial charge in [0.1, 0.15) is 0 Å². The monoisotopic (exact) mass is 731 g/mol. The van der Waals surface area contributed by atoms with Gasteiger partial charge in [-0.1, -0.05) is 128 Å². The Balaban J connectivity index is -0.000000696. The lowest BCUT2D eigenvalue weighted by Gasteiger charge is -2.15. The zero-order valence-electron chi connectivity index (χ0n) is 34.6. The molecule has 5 heteroatoms. The number of hydrogen-bond acceptors (Lipinski definition) is 2. The van der Waals surface area contributed by atoms with Crippen molar-refractivity contribution in [3.8, 4) is 0 Å². The number of halogens is 2. The number of benzene rings is 1. The first kappa shape index (κ1) is 52.0. The van der Waals surface area contributed by atoms with Crippen LogP contribution in [0.5, 0.6) is 0 Å². The van der Waals surface area contributed by atoms with E-state index in [4.69, 9.17) is 27.9 Å². The predicted molar refractivity (Wildman–Crippen MR) is 233 cm³/mol. The molecule has 1 atom stereocenters. The molecule has 1 N–H and O–H groups in total. The zero-order valence-corrected chi connectivity index (χ0v) is 36.1. The smallest absolute Gasteiger partial charge is 0.0463 e. The molecule has 0 spiro atoms. The van der Waals surface area contributed by atoms with Gasteiger partial charge in [0.15, 0.2) is 0 Å². The molecule has 0 radical (unpaired) electrons. The maximum absolute atomic E-state index is 6.26. The van der Waals surface area contributed by atoms with Crippen molar-refractivity contribution in [2.75, 3.05) is 13.2 Å². The van der Waals surface area contributed by atoms with E-state index in [2.05, 4.69) is 116 Å². The van der Waals surface area contributed by atoms with Gasteiger partial charge in [0, 0.05) is 57.2 Å². The zero-order chi connectivity index (χ0) is 38.9. The summed E-state index contributed by atoms with van der Waals surface area (Å²) in [5.74, 6) is 0.366. The van der Waals surface area contributed by atoms with E-state index in [0.29, 0.717) is 11.0 Å². The third-order valence-corrected chi connectivity index (χ3v) is 7.53. The minimum absolute atomic E-state index is 0.366. The molecule has 3 nitrogen and oxygen atoms in total. The van der Waals surface area contributed by atoms with Gasteiger partial charge in [0.25, 0.3) is 0 Å². The first-order valence-corrected chi connectivity index (χ1v) is 19.9. The van der Waals surface area contributed by atoms with Crippen molar-refractivity contribution in [1.29, 1.82) is 0 Å². The highest BCUT2D eigenvalue weighted by Crippen LogP contribution is 2.34. The first-order chi connectivity index (χ1) is 23.7. The quantitative estimate of drug-likeness (QED) is 0.0794. The number of allylic oxidation sites excluding steroid dienone is 8. The van der Waals surface area contributed by atoms with Crippen molar-refractivity contribution < 1.29 is 4.74 Å². The van der Waals surface area contributed by atoms with E-state index in [0.717, 1.165) is 68.9 Å². The van der Waals surface area contributed by atoms with E-state index in [1.54, 1.807) is 6.92 Å². The van der Waals surface area contributed by atoms with E-state index >= 15 is 0 Å². The van der Waals surface area contributed by atoms with Crippen molar-refractivity contribution in [3.63, 3.8) is 0 Å². The summed E-state index contributed by atoms with van der Waals surface area (Å²) in [6.45, 7) is 36.2. The molecule has 0 saturated heterocycles. The van der Waals surface area contributed by atoms with Crippen LogP contribution in [0.15, 0.2) is 82.5 Å². The summed E-state index contributed by atoms with van der Waals surface area (Å²) in [4.78, 5) is 8.04. The molecule has 50 heavy (non-hydrogen) atoms. The highest BCUT2D eigenvalue weighted by atomic mass is 35.5. The number of unbranched alkanes of at least 4 members (excludes halogenated alkanes) is 1. The minimum atomic E-state index is 0.366. The van der Waals surface area contributed by atoms with Crippen LogP contribution in [0.4, 0.5) is 0 Å². The van der Waals surface area contributed by atoms with Crippen molar-refractivity contribution in [3.05, 3.63) is 93.8 Å². The van der Waals surface area contributed by atoms with Crippen molar-refractivity contribution in [2.24, 2.45) is 4.99 Å². The van der Waals surface area contributed by atoms with Crippen LogP contribution in [0.3, 0.4) is 0 Å². The number of aryl methyl sites for hydroxylation is 1. The maximum Gasteiger partial charge on any atom is 0.0463 e. The Morgan fingerprint density at radius 3 is 1.94 bits per heavy atom. The second-order valence-electron chi connectivity index (χ2n) is 12.6. The molecule has 0 aliphatic rings. The van der Waals surface area contributed by atoms with E-state index < -0.39 is 0 Å². The molecule has 1 unspecified atom stereocenters. The molecular formula is C45H76Cl2N2O. The van der Waals surface area contributed by atoms with Crippen LogP contribution < -0.4 is 0 Å². The van der Waals surface area contributed by atoms with Crippen molar-refractivity contribution >= 4 is 39.8 Å². The average Bonchev–Trinajstić information content (AvgIpc) is 3.43. The Kier molecular flexibility index (Phi) is 36.5. The topological polar surface area (TPSA) is 37.4 Å². The van der Waals surface area contributed by atoms with Crippen LogP contribution in [-0.2, 0) is 11.2 Å². The number of hydrogen-bond donors (Lipinski definition) is 1. The normalized spacial score (nSPS) is 12.1. The Bertz CT molecular complexity index is 1270. The van der Waals surface area contributed by atoms with Gasteiger partial charge in [-0.15, -0.1) is 6.58 Å². The average molecular weight is 732 g/mol. The number of ether oxygens (including phenoxy) is 1. The first-order valence-electron chi connectivity index (χ1n) is 19.1. The SMILES string of the molecule is C/C=C(/C)N=C(C)CCC.C=C(C)CC.C=C(C)Cl.CC/C=C/C(=C\CC)C(C)c1[nH]c2ccc(Cl)cc2c1CCCC.CCCOCCC. The number of nitrogens with zero attached hydrogens (tertiary/aromatic N) is 1. The van der Waals surface area contributed by atoms with Gasteiger partial charge in [0.2, 0.25) is 0 Å². The standard InChI is InChI=1S/C22H30ClN.C9H17N.C6H14O.C5H10.C3H5Cl/c1-5-8-11-17(10-7-3)16(4)22-19(12-9-6-2)20-15-18(23)13-14-21(20)24-22;1-5-7-9(4)10-8(3)6-2;1-3-5-7-6-4-2;1-4-5(2)3;1-3(2)4/h8,10-11,13-16,24H,5-7,9,12H2,1-4H3;6H,5,7H2,1-4H3;3-6H2,1-2H3;2,4H2,1,3H3;1H2,2H3/b11-8+,17-10+;8-6-,10-9?;;;. The number of aromatic amines is 1. The molecule has 1 heterocycles. The fourth-order valence-corrected chi connectivity index (χ4v) is 4.62. The lowest BCUT2D eigenvalue weighted by Crippen LogP contribution is -2.01. The highest BCUT2D eigenvalue weighted by molar-refractivity contribution is 6.31. The van der Waals surface area contributed by atoms with E-state index in [9.17, 15) is 0 Å². The van der Waals surface area contributed by atoms with Crippen LogP contribution in [0, 0.1) is 0 Å². The molecule has 0 aliphatic heterocycles. The summed E-state index contributed by atoms with van der Waals surface area (Å²) in [5.41, 5.74) is 8.99. The van der Waals surface area contributed by atoms with E-state index in [1.165, 1.54) is 58.3 Å². The Labute approximate surface area is 320 Å². The molecule has 2 aromatic rings. The fourth-order valence-electron chi connectivity index (χ4n) is 4.45. The lowest BCUT2D eigenvalue weighted by atomic mass is 9.91. The third kappa shape index (κ3) is 28.4. The van der Waals surface area contributed by atoms with Crippen LogP contribution in [0.1, 0.15) is 165 Å². The largest absolute Gasteiger partial charge is 0.381 e. The lowest BCUT2D eigenvalue weighted by molar-refractivity contribution is 0.135. The van der Waals surface area contributed by atoms with Crippen LogP contribution in [0.2, 0.25) is 5.02 Å². The number of rotatable bonds is 16. The third-order valence-electron chi connectivity index (χ3n) is 7.30.